The van der Waals surface area contributed by atoms with E-state index in [0.717, 1.165) is 29.0 Å². The van der Waals surface area contributed by atoms with Crippen LogP contribution < -0.4 is 5.73 Å². The summed E-state index contributed by atoms with van der Waals surface area (Å²) in [5, 5.41) is 0.784. The second-order valence-corrected chi connectivity index (χ2v) is 7.10. The molecule has 2 fully saturated rings. The predicted octanol–water partition coefficient (Wildman–Crippen LogP) is 3.60. The normalized spacial score (nSPS) is 18.5. The fourth-order valence-corrected chi connectivity index (χ4v) is 2.97. The van der Waals surface area contributed by atoms with Crippen LogP contribution in [0.15, 0.2) is 18.2 Å². The van der Waals surface area contributed by atoms with E-state index in [2.05, 4.69) is 11.0 Å². The molecule has 0 atom stereocenters. The lowest BCUT2D eigenvalue weighted by Crippen LogP contribution is -2.28. The van der Waals surface area contributed by atoms with Gasteiger partial charge in [-0.2, -0.15) is 0 Å². The van der Waals surface area contributed by atoms with Gasteiger partial charge in [0.25, 0.3) is 0 Å². The van der Waals surface area contributed by atoms with Crippen LogP contribution >= 0.6 is 23.8 Å². The lowest BCUT2D eigenvalue weighted by molar-refractivity contribution is 0.244. The first-order valence-corrected chi connectivity index (χ1v) is 8.21. The van der Waals surface area contributed by atoms with Gasteiger partial charge in [-0.3, -0.25) is 4.90 Å². The predicted molar refractivity (Wildman–Crippen MR) is 88.1 cm³/mol. The van der Waals surface area contributed by atoms with Crippen molar-refractivity contribution in [2.75, 3.05) is 13.1 Å². The van der Waals surface area contributed by atoms with Crippen molar-refractivity contribution < 1.29 is 0 Å². The molecule has 0 aromatic heterocycles. The van der Waals surface area contributed by atoms with Gasteiger partial charge in [0.1, 0.15) is 4.99 Å². The molecule has 2 N–H and O–H groups in total. The first-order chi connectivity index (χ1) is 9.61. The third-order valence-electron chi connectivity index (χ3n) is 4.16. The molecule has 2 aliphatic rings. The van der Waals surface area contributed by atoms with E-state index in [4.69, 9.17) is 29.6 Å². The highest BCUT2D eigenvalue weighted by atomic mass is 35.5. The summed E-state index contributed by atoms with van der Waals surface area (Å²) in [4.78, 5) is 2.99. The van der Waals surface area contributed by atoms with Crippen molar-refractivity contribution in [3.05, 3.63) is 34.3 Å². The van der Waals surface area contributed by atoms with Crippen molar-refractivity contribution in [2.45, 2.75) is 32.2 Å². The number of hydrogen-bond acceptors (Lipinski definition) is 2. The summed E-state index contributed by atoms with van der Waals surface area (Å²) in [5.74, 6) is 1.84. The van der Waals surface area contributed by atoms with E-state index in [9.17, 15) is 0 Å². The van der Waals surface area contributed by atoms with Crippen LogP contribution in [0.1, 0.15) is 36.8 Å². The SMILES string of the molecule is NC(=S)c1ccc(CN(CC2CC2)CC2CC2)c(Cl)c1. The maximum absolute atomic E-state index is 6.38. The molecule has 108 valence electrons. The zero-order valence-electron chi connectivity index (χ0n) is 11.6. The van der Waals surface area contributed by atoms with Gasteiger partial charge in [-0.05, 0) is 49.1 Å². The topological polar surface area (TPSA) is 29.3 Å². The van der Waals surface area contributed by atoms with E-state index in [1.165, 1.54) is 44.3 Å². The standard InChI is InChI=1S/C16H21ClN2S/c17-15-7-13(16(18)20)5-6-14(15)10-19(8-11-1-2-11)9-12-3-4-12/h5-7,11-12H,1-4,8-10H2,(H2,18,20). The largest absolute Gasteiger partial charge is 0.389 e. The highest BCUT2D eigenvalue weighted by molar-refractivity contribution is 7.80. The van der Waals surface area contributed by atoms with Crippen LogP contribution in [0.4, 0.5) is 0 Å². The summed E-state index contributed by atoms with van der Waals surface area (Å²) in [6, 6.07) is 5.95. The molecular formula is C16H21ClN2S. The summed E-state index contributed by atoms with van der Waals surface area (Å²) in [5.41, 5.74) is 7.68. The summed E-state index contributed by atoms with van der Waals surface area (Å²) < 4.78 is 0. The van der Waals surface area contributed by atoms with Gasteiger partial charge in [-0.1, -0.05) is 36.0 Å². The molecule has 0 heterocycles. The molecule has 0 spiro atoms. The maximum Gasteiger partial charge on any atom is 0.104 e. The number of halogens is 1. The highest BCUT2D eigenvalue weighted by Crippen LogP contribution is 2.34. The van der Waals surface area contributed by atoms with Gasteiger partial charge in [0, 0.05) is 30.2 Å². The van der Waals surface area contributed by atoms with Crippen LogP contribution in [0.2, 0.25) is 5.02 Å². The van der Waals surface area contributed by atoms with Gasteiger partial charge < -0.3 is 5.73 Å². The Morgan fingerprint density at radius 1 is 1.20 bits per heavy atom. The molecule has 1 aromatic carbocycles. The molecule has 2 aliphatic carbocycles. The van der Waals surface area contributed by atoms with E-state index in [-0.39, 0.29) is 0 Å². The minimum Gasteiger partial charge on any atom is -0.389 e. The van der Waals surface area contributed by atoms with Crippen molar-refractivity contribution in [1.29, 1.82) is 0 Å². The lowest BCUT2D eigenvalue weighted by Gasteiger charge is -2.23. The first-order valence-electron chi connectivity index (χ1n) is 7.42. The Morgan fingerprint density at radius 3 is 2.25 bits per heavy atom. The summed E-state index contributed by atoms with van der Waals surface area (Å²) in [6.07, 6.45) is 5.59. The number of thiocarbonyl (C=S) groups is 1. The molecule has 1 aromatic rings. The van der Waals surface area contributed by atoms with Gasteiger partial charge >= 0.3 is 0 Å². The highest BCUT2D eigenvalue weighted by Gasteiger charge is 2.29. The monoisotopic (exact) mass is 308 g/mol. The second-order valence-electron chi connectivity index (χ2n) is 6.25. The Balaban J connectivity index is 1.67. The minimum absolute atomic E-state index is 0.409. The number of rotatable bonds is 7. The molecule has 3 rings (SSSR count). The average Bonchev–Trinajstić information content (AvgIpc) is 3.27. The second kappa shape index (κ2) is 6.00. The van der Waals surface area contributed by atoms with Crippen LogP contribution in [0.5, 0.6) is 0 Å². The minimum atomic E-state index is 0.409. The van der Waals surface area contributed by atoms with E-state index < -0.39 is 0 Å². The summed E-state index contributed by atoms with van der Waals surface area (Å²) in [6.45, 7) is 3.40. The molecule has 0 radical (unpaired) electrons. The van der Waals surface area contributed by atoms with Crippen LogP contribution in [-0.4, -0.2) is 23.0 Å². The fourth-order valence-electron chi connectivity index (χ4n) is 2.60. The summed E-state index contributed by atoms with van der Waals surface area (Å²) in [7, 11) is 0. The molecule has 4 heteroatoms. The Morgan fingerprint density at radius 2 is 1.80 bits per heavy atom. The number of nitrogens with two attached hydrogens (primary N) is 1. The lowest BCUT2D eigenvalue weighted by atomic mass is 10.1. The number of nitrogens with zero attached hydrogens (tertiary/aromatic N) is 1. The Labute approximate surface area is 131 Å². The molecule has 20 heavy (non-hydrogen) atoms. The van der Waals surface area contributed by atoms with Gasteiger partial charge in [0.05, 0.1) is 0 Å². The van der Waals surface area contributed by atoms with Gasteiger partial charge in [-0.15, -0.1) is 0 Å². The van der Waals surface area contributed by atoms with Crippen LogP contribution in [0, 0.1) is 11.8 Å². The first kappa shape index (κ1) is 14.3. The quantitative estimate of drug-likeness (QED) is 0.780. The average molecular weight is 309 g/mol. The third kappa shape index (κ3) is 3.94. The Kier molecular flexibility index (Phi) is 4.29. The van der Waals surface area contributed by atoms with Gasteiger partial charge in [0.2, 0.25) is 0 Å². The Bertz CT molecular complexity index is 495. The molecule has 0 aliphatic heterocycles. The number of benzene rings is 1. The van der Waals surface area contributed by atoms with E-state index >= 15 is 0 Å². The zero-order chi connectivity index (χ0) is 14.1. The van der Waals surface area contributed by atoms with Crippen molar-refractivity contribution >= 4 is 28.8 Å². The van der Waals surface area contributed by atoms with Crippen molar-refractivity contribution in [2.24, 2.45) is 17.6 Å². The molecule has 2 nitrogen and oxygen atoms in total. The van der Waals surface area contributed by atoms with Crippen molar-refractivity contribution in [3.8, 4) is 0 Å². The van der Waals surface area contributed by atoms with Crippen LogP contribution in [0.3, 0.4) is 0 Å². The van der Waals surface area contributed by atoms with Gasteiger partial charge in [0.15, 0.2) is 0 Å². The molecule has 0 saturated heterocycles. The Hall–Kier alpha value is -0.640. The third-order valence-corrected chi connectivity index (χ3v) is 4.75. The number of hydrogen-bond donors (Lipinski definition) is 1. The maximum atomic E-state index is 6.38. The van der Waals surface area contributed by atoms with E-state index in [1.54, 1.807) is 0 Å². The summed E-state index contributed by atoms with van der Waals surface area (Å²) >= 11 is 11.4. The molecular weight excluding hydrogens is 288 g/mol. The molecule has 2 saturated carbocycles. The smallest absolute Gasteiger partial charge is 0.104 e. The fraction of sp³-hybridized carbons (Fsp3) is 0.562. The molecule has 0 unspecified atom stereocenters. The zero-order valence-corrected chi connectivity index (χ0v) is 13.2. The van der Waals surface area contributed by atoms with Crippen LogP contribution in [-0.2, 0) is 6.54 Å². The van der Waals surface area contributed by atoms with Crippen LogP contribution in [0.25, 0.3) is 0 Å². The molecule has 0 bridgehead atoms. The van der Waals surface area contributed by atoms with Gasteiger partial charge in [-0.25, -0.2) is 0 Å². The van der Waals surface area contributed by atoms with Crippen molar-refractivity contribution in [1.82, 2.24) is 4.90 Å². The molecule has 0 amide bonds. The van der Waals surface area contributed by atoms with E-state index in [0.29, 0.717) is 4.99 Å². The van der Waals surface area contributed by atoms with E-state index in [1.807, 2.05) is 12.1 Å². The van der Waals surface area contributed by atoms with Crippen molar-refractivity contribution in [3.63, 3.8) is 0 Å².